The zero-order valence-corrected chi connectivity index (χ0v) is 14.1. The highest BCUT2D eigenvalue weighted by molar-refractivity contribution is 5.92. The number of nitrogens with zero attached hydrogens (tertiary/aromatic N) is 4. The minimum Gasteiger partial charge on any atom is -0.497 e. The Balaban J connectivity index is 2.25. The quantitative estimate of drug-likeness (QED) is 0.574. The number of hydrogen-bond donors (Lipinski definition) is 1. The van der Waals surface area contributed by atoms with Crippen LogP contribution in [0.5, 0.6) is 11.5 Å². The number of amides is 1. The SMILES string of the molecule is COc1ccc(NC(=O)Cn2nc([N+](=O)[O-])c([N+](=O)[O-])c2C)c(OC)c1. The Labute approximate surface area is 146 Å². The van der Waals surface area contributed by atoms with E-state index in [0.717, 1.165) is 4.68 Å². The van der Waals surface area contributed by atoms with Gasteiger partial charge in [-0.05, 0) is 24.0 Å². The molecule has 12 heteroatoms. The molecule has 0 radical (unpaired) electrons. The molecule has 1 aromatic heterocycles. The van der Waals surface area contributed by atoms with Crippen molar-refractivity contribution in [2.45, 2.75) is 13.5 Å². The normalized spacial score (nSPS) is 10.3. The van der Waals surface area contributed by atoms with Crippen molar-refractivity contribution < 1.29 is 24.1 Å². The molecule has 0 atom stereocenters. The van der Waals surface area contributed by atoms with E-state index in [-0.39, 0.29) is 5.69 Å². The number of hydrogen-bond acceptors (Lipinski definition) is 8. The molecule has 138 valence electrons. The number of carbonyl (C=O) groups is 1. The smallest absolute Gasteiger partial charge is 0.468 e. The number of ether oxygens (including phenoxy) is 2. The minimum atomic E-state index is -0.966. The summed E-state index contributed by atoms with van der Waals surface area (Å²) in [7, 11) is 2.89. The van der Waals surface area contributed by atoms with Crippen molar-refractivity contribution in [1.82, 2.24) is 9.78 Å². The molecule has 26 heavy (non-hydrogen) atoms. The first-order chi connectivity index (χ1) is 12.3. The van der Waals surface area contributed by atoms with Gasteiger partial charge in [-0.1, -0.05) is 0 Å². The van der Waals surface area contributed by atoms with Crippen molar-refractivity contribution in [1.29, 1.82) is 0 Å². The maximum Gasteiger partial charge on any atom is 0.468 e. The molecule has 0 fully saturated rings. The van der Waals surface area contributed by atoms with E-state index in [4.69, 9.17) is 9.47 Å². The number of carbonyl (C=O) groups excluding carboxylic acids is 1. The molecule has 0 aliphatic carbocycles. The van der Waals surface area contributed by atoms with Crippen LogP contribution in [0, 0.1) is 27.2 Å². The van der Waals surface area contributed by atoms with Crippen molar-refractivity contribution in [3.05, 3.63) is 44.1 Å². The molecular weight excluding hydrogens is 350 g/mol. The van der Waals surface area contributed by atoms with E-state index in [1.54, 1.807) is 18.2 Å². The predicted molar refractivity (Wildman–Crippen MR) is 88.4 cm³/mol. The second kappa shape index (κ2) is 7.46. The summed E-state index contributed by atoms with van der Waals surface area (Å²) in [5.41, 5.74) is -0.504. The molecule has 0 aliphatic rings. The summed E-state index contributed by atoms with van der Waals surface area (Å²) in [5.74, 6) is -0.646. The first kappa shape index (κ1) is 18.6. The van der Waals surface area contributed by atoms with Crippen molar-refractivity contribution in [3.63, 3.8) is 0 Å². The molecule has 1 heterocycles. The lowest BCUT2D eigenvalue weighted by molar-refractivity contribution is -0.424. The Morgan fingerprint density at radius 3 is 2.42 bits per heavy atom. The topological polar surface area (TPSA) is 152 Å². The van der Waals surface area contributed by atoms with E-state index in [1.807, 2.05) is 0 Å². The summed E-state index contributed by atoms with van der Waals surface area (Å²) in [6, 6.07) is 4.72. The molecule has 1 amide bonds. The van der Waals surface area contributed by atoms with Crippen molar-refractivity contribution in [2.75, 3.05) is 19.5 Å². The van der Waals surface area contributed by atoms with Gasteiger partial charge in [0.05, 0.1) is 29.9 Å². The molecule has 0 bridgehead atoms. The van der Waals surface area contributed by atoms with Gasteiger partial charge in [0.2, 0.25) is 5.91 Å². The molecule has 1 aromatic carbocycles. The lowest BCUT2D eigenvalue weighted by Gasteiger charge is -2.11. The number of benzene rings is 1. The molecule has 0 unspecified atom stereocenters. The van der Waals surface area contributed by atoms with Crippen LogP contribution in [0.4, 0.5) is 17.2 Å². The number of nitro groups is 2. The predicted octanol–water partition coefficient (Wildman–Crippen LogP) is 1.66. The van der Waals surface area contributed by atoms with Gasteiger partial charge < -0.3 is 24.9 Å². The fourth-order valence-corrected chi connectivity index (χ4v) is 2.24. The first-order valence-electron chi connectivity index (χ1n) is 7.16. The third-order valence-electron chi connectivity index (χ3n) is 3.49. The summed E-state index contributed by atoms with van der Waals surface area (Å²) in [5, 5.41) is 28.0. The number of rotatable bonds is 7. The van der Waals surface area contributed by atoms with Crippen molar-refractivity contribution in [3.8, 4) is 11.5 Å². The molecule has 2 rings (SSSR count). The number of aromatic nitrogens is 2. The van der Waals surface area contributed by atoms with E-state index in [1.165, 1.54) is 21.1 Å². The van der Waals surface area contributed by atoms with Crippen LogP contribution < -0.4 is 14.8 Å². The summed E-state index contributed by atoms with van der Waals surface area (Å²) in [4.78, 5) is 32.3. The molecule has 2 aromatic rings. The second-order valence-corrected chi connectivity index (χ2v) is 5.04. The highest BCUT2D eigenvalue weighted by Gasteiger charge is 2.35. The largest absolute Gasteiger partial charge is 0.497 e. The highest BCUT2D eigenvalue weighted by Crippen LogP contribution is 2.30. The van der Waals surface area contributed by atoms with Crippen LogP contribution in [0.15, 0.2) is 18.2 Å². The van der Waals surface area contributed by atoms with Gasteiger partial charge in [0.25, 0.3) is 0 Å². The van der Waals surface area contributed by atoms with Crippen molar-refractivity contribution >= 4 is 23.1 Å². The summed E-state index contributed by atoms with van der Waals surface area (Å²) in [6.45, 7) is 0.828. The van der Waals surface area contributed by atoms with E-state index in [0.29, 0.717) is 17.2 Å². The number of nitrogens with one attached hydrogen (secondary N) is 1. The average molecular weight is 365 g/mol. The van der Waals surface area contributed by atoms with Crippen LogP contribution in [0.25, 0.3) is 0 Å². The van der Waals surface area contributed by atoms with E-state index in [2.05, 4.69) is 10.4 Å². The van der Waals surface area contributed by atoms with Crippen LogP contribution in [0.3, 0.4) is 0 Å². The standard InChI is InChI=1S/C14H15N5O7/c1-8-13(18(21)22)14(19(23)24)16-17(8)7-12(20)15-10-5-4-9(25-2)6-11(10)26-3/h4-6H,7H2,1-3H3,(H,15,20). The van der Waals surface area contributed by atoms with E-state index >= 15 is 0 Å². The third kappa shape index (κ3) is 3.68. The fourth-order valence-electron chi connectivity index (χ4n) is 2.24. The highest BCUT2D eigenvalue weighted by atomic mass is 16.6. The van der Waals surface area contributed by atoms with Crippen LogP contribution in [-0.2, 0) is 11.3 Å². The van der Waals surface area contributed by atoms with Gasteiger partial charge >= 0.3 is 11.5 Å². The van der Waals surface area contributed by atoms with Gasteiger partial charge in [-0.25, -0.2) is 0 Å². The van der Waals surface area contributed by atoms with E-state index in [9.17, 15) is 25.0 Å². The molecular formula is C14H15N5O7. The maximum absolute atomic E-state index is 12.2. The Morgan fingerprint density at radius 1 is 1.23 bits per heavy atom. The lowest BCUT2D eigenvalue weighted by atomic mass is 10.2. The van der Waals surface area contributed by atoms with E-state index < -0.39 is 33.8 Å². The fraction of sp³-hybridized carbons (Fsp3) is 0.286. The zero-order valence-electron chi connectivity index (χ0n) is 14.1. The van der Waals surface area contributed by atoms with Gasteiger partial charge in [0.15, 0.2) is 0 Å². The molecule has 0 saturated heterocycles. The first-order valence-corrected chi connectivity index (χ1v) is 7.16. The molecule has 0 saturated carbocycles. The third-order valence-corrected chi connectivity index (χ3v) is 3.49. The molecule has 12 nitrogen and oxygen atoms in total. The maximum atomic E-state index is 12.2. The number of methoxy groups -OCH3 is 2. The zero-order chi connectivity index (χ0) is 19.4. The monoisotopic (exact) mass is 365 g/mol. The van der Waals surface area contributed by atoms with Gasteiger partial charge in [-0.2, -0.15) is 4.68 Å². The van der Waals surface area contributed by atoms with Gasteiger partial charge in [0, 0.05) is 6.07 Å². The Hall–Kier alpha value is -3.70. The molecule has 0 spiro atoms. The lowest BCUT2D eigenvalue weighted by Crippen LogP contribution is -2.20. The minimum absolute atomic E-state index is 0.0986. The van der Waals surface area contributed by atoms with Gasteiger partial charge in [-0.3, -0.25) is 14.9 Å². The Morgan fingerprint density at radius 2 is 1.92 bits per heavy atom. The number of anilines is 1. The second-order valence-electron chi connectivity index (χ2n) is 5.04. The Kier molecular flexibility index (Phi) is 5.35. The summed E-state index contributed by atoms with van der Waals surface area (Å²) >= 11 is 0. The van der Waals surface area contributed by atoms with Crippen LogP contribution in [0.2, 0.25) is 0 Å². The molecule has 0 aliphatic heterocycles. The average Bonchev–Trinajstić information content (AvgIpc) is 2.92. The van der Waals surface area contributed by atoms with Gasteiger partial charge in [0.1, 0.15) is 23.7 Å². The Bertz CT molecular complexity index is 877. The summed E-state index contributed by atoms with van der Waals surface area (Å²) in [6.07, 6.45) is 0. The van der Waals surface area contributed by atoms with Crippen LogP contribution >= 0.6 is 0 Å². The summed E-state index contributed by atoms with van der Waals surface area (Å²) < 4.78 is 11.1. The molecule has 1 N–H and O–H groups in total. The van der Waals surface area contributed by atoms with Crippen molar-refractivity contribution in [2.24, 2.45) is 0 Å². The van der Waals surface area contributed by atoms with Crippen LogP contribution in [0.1, 0.15) is 5.69 Å². The van der Waals surface area contributed by atoms with Crippen LogP contribution in [-0.4, -0.2) is 39.8 Å². The van der Waals surface area contributed by atoms with Gasteiger partial charge in [-0.15, -0.1) is 0 Å².